The molecule has 1 heteroatoms. The van der Waals surface area contributed by atoms with Gasteiger partial charge in [0.05, 0.1) is 11.4 Å². The highest BCUT2D eigenvalue weighted by molar-refractivity contribution is 6.09. The van der Waals surface area contributed by atoms with Crippen molar-refractivity contribution in [2.45, 2.75) is 63.2 Å². The summed E-state index contributed by atoms with van der Waals surface area (Å²) in [4.78, 5) is 5.86. The van der Waals surface area contributed by atoms with Crippen molar-refractivity contribution >= 4 is 27.8 Å². The average molecular weight is 786 g/mol. The Morgan fingerprint density at radius 3 is 1.95 bits per heavy atom. The van der Waals surface area contributed by atoms with Crippen LogP contribution in [0.5, 0.6) is 0 Å². The average Bonchev–Trinajstić information content (AvgIpc) is 3.58. The molecule has 7 aromatic carbocycles. The Labute approximate surface area is 361 Å². The molecule has 0 N–H and O–H groups in total. The number of benzene rings is 7. The number of nitrogens with zero attached hydrogens (tertiary/aromatic N) is 1. The predicted molar refractivity (Wildman–Crippen MR) is 258 cm³/mol. The summed E-state index contributed by atoms with van der Waals surface area (Å²) in [5, 5.41) is 2.46. The Bertz CT molecular complexity index is 2930. The van der Waals surface area contributed by atoms with Crippen LogP contribution >= 0.6 is 0 Å². The summed E-state index contributed by atoms with van der Waals surface area (Å²) in [5.74, 6) is 0.498. The second-order valence-electron chi connectivity index (χ2n) is 17.7. The van der Waals surface area contributed by atoms with E-state index >= 15 is 0 Å². The molecule has 1 heterocycles. The highest BCUT2D eigenvalue weighted by atomic mass is 14.8. The number of aliphatic imine (C=N–C) groups is 1. The van der Waals surface area contributed by atoms with E-state index in [0.717, 1.165) is 24.3 Å². The summed E-state index contributed by atoms with van der Waals surface area (Å²) in [6, 6.07) is 63.1. The van der Waals surface area contributed by atoms with Gasteiger partial charge in [0, 0.05) is 22.8 Å². The number of hydrogen-bond acceptors (Lipinski definition) is 1. The SMILES string of the molecule is CC1C/C=C(C2=CCC(c3ccccc3)C(c3ccccc3)=C2)/C=C(/c2c(-c3ccc4c(c3)C3(CCCCC3)c3ccccc3-4)ccc3ccccc23)N=C1c1ccccc1. The van der Waals surface area contributed by atoms with Crippen LogP contribution in [0, 0.1) is 5.92 Å². The van der Waals surface area contributed by atoms with Crippen LogP contribution < -0.4 is 0 Å². The molecule has 1 saturated carbocycles. The molecular formula is C60H51N. The molecular weight excluding hydrogens is 735 g/mol. The Balaban J connectivity index is 1.12. The van der Waals surface area contributed by atoms with Gasteiger partial charge in [0.25, 0.3) is 0 Å². The van der Waals surface area contributed by atoms with Crippen molar-refractivity contribution in [3.8, 4) is 22.3 Å². The molecule has 1 spiro atoms. The summed E-state index contributed by atoms with van der Waals surface area (Å²) in [6.45, 7) is 2.35. The van der Waals surface area contributed by atoms with E-state index in [1.807, 2.05) is 0 Å². The molecule has 0 saturated heterocycles. The maximum atomic E-state index is 5.86. The summed E-state index contributed by atoms with van der Waals surface area (Å²) in [6.07, 6.45) is 18.0. The van der Waals surface area contributed by atoms with E-state index in [0.29, 0.717) is 0 Å². The van der Waals surface area contributed by atoms with E-state index < -0.39 is 0 Å². The van der Waals surface area contributed by atoms with Crippen molar-refractivity contribution in [3.05, 3.63) is 239 Å². The van der Waals surface area contributed by atoms with Gasteiger partial charge in [0.1, 0.15) is 0 Å². The number of rotatable bonds is 6. The lowest BCUT2D eigenvalue weighted by Gasteiger charge is -2.36. The monoisotopic (exact) mass is 785 g/mol. The van der Waals surface area contributed by atoms with Crippen LogP contribution in [-0.4, -0.2) is 5.71 Å². The molecule has 2 atom stereocenters. The molecule has 296 valence electrons. The van der Waals surface area contributed by atoms with Crippen LogP contribution in [0.25, 0.3) is 44.3 Å². The maximum absolute atomic E-state index is 5.86. The molecule has 1 nitrogen and oxygen atoms in total. The first kappa shape index (κ1) is 37.4. The van der Waals surface area contributed by atoms with Crippen molar-refractivity contribution < 1.29 is 0 Å². The van der Waals surface area contributed by atoms with Crippen LogP contribution in [-0.2, 0) is 5.41 Å². The van der Waals surface area contributed by atoms with Crippen LogP contribution in [0.2, 0.25) is 0 Å². The van der Waals surface area contributed by atoms with Crippen molar-refractivity contribution in [3.63, 3.8) is 0 Å². The molecule has 0 bridgehead atoms. The Hall–Kier alpha value is -6.57. The summed E-state index contributed by atoms with van der Waals surface area (Å²) in [5.41, 5.74) is 19.5. The van der Waals surface area contributed by atoms with Gasteiger partial charge < -0.3 is 0 Å². The molecule has 7 aromatic rings. The number of allylic oxidation sites excluding steroid dienone is 7. The molecule has 2 unspecified atom stereocenters. The van der Waals surface area contributed by atoms with Gasteiger partial charge in [-0.1, -0.05) is 208 Å². The van der Waals surface area contributed by atoms with Gasteiger partial charge in [0.15, 0.2) is 0 Å². The first-order valence-corrected chi connectivity index (χ1v) is 22.5. The van der Waals surface area contributed by atoms with Gasteiger partial charge in [-0.15, -0.1) is 0 Å². The highest BCUT2D eigenvalue weighted by Crippen LogP contribution is 2.56. The quantitative estimate of drug-likeness (QED) is 0.159. The lowest BCUT2D eigenvalue weighted by molar-refractivity contribution is 0.353. The number of hydrogen-bond donors (Lipinski definition) is 0. The van der Waals surface area contributed by atoms with Crippen LogP contribution in [0.15, 0.2) is 210 Å². The van der Waals surface area contributed by atoms with Gasteiger partial charge in [-0.25, -0.2) is 0 Å². The third-order valence-corrected chi connectivity index (χ3v) is 14.1. The predicted octanol–water partition coefficient (Wildman–Crippen LogP) is 15.7. The molecule has 4 aliphatic rings. The molecule has 1 fully saturated rings. The summed E-state index contributed by atoms with van der Waals surface area (Å²) < 4.78 is 0. The summed E-state index contributed by atoms with van der Waals surface area (Å²) >= 11 is 0. The Morgan fingerprint density at radius 1 is 0.508 bits per heavy atom. The van der Waals surface area contributed by atoms with E-state index in [2.05, 4.69) is 201 Å². The lowest BCUT2D eigenvalue weighted by Crippen LogP contribution is -2.28. The minimum Gasteiger partial charge on any atom is -0.252 e. The molecule has 0 radical (unpaired) electrons. The normalized spacial score (nSPS) is 21.1. The first-order valence-electron chi connectivity index (χ1n) is 22.5. The fourth-order valence-electron chi connectivity index (χ4n) is 11.1. The fourth-order valence-corrected chi connectivity index (χ4v) is 11.1. The highest BCUT2D eigenvalue weighted by Gasteiger charge is 2.43. The minimum absolute atomic E-state index is 0.0779. The Morgan fingerprint density at radius 2 is 1.15 bits per heavy atom. The molecule has 61 heavy (non-hydrogen) atoms. The van der Waals surface area contributed by atoms with E-state index in [-0.39, 0.29) is 17.3 Å². The van der Waals surface area contributed by atoms with E-state index in [1.165, 1.54) is 115 Å². The molecule has 3 aliphatic carbocycles. The fraction of sp³-hybridized carbons (Fsp3) is 0.183. The van der Waals surface area contributed by atoms with Gasteiger partial charge in [-0.05, 0) is 115 Å². The van der Waals surface area contributed by atoms with Gasteiger partial charge >= 0.3 is 0 Å². The minimum atomic E-state index is 0.0779. The lowest BCUT2D eigenvalue weighted by atomic mass is 9.67. The largest absolute Gasteiger partial charge is 0.252 e. The second kappa shape index (κ2) is 15.8. The standard InChI is InChI=1S/C60H51N/c1-41-28-29-47(46-31-33-49(42-18-6-2-7-19-42)54(38-46)43-20-8-3-9-21-43)40-57(61-59(41)45-23-10-4-11-24-45)58-50-25-13-12-22-44(50)30-34-51(58)48-32-35-53-52-26-14-15-27-55(52)60(56(53)39-48)36-16-5-17-37-60/h2-4,6-15,18-27,29-32,34-35,38-41,49H,5,16-17,28,33,36-37H2,1H3/b47-29-,57-40-,61-59?. The zero-order chi connectivity index (χ0) is 40.8. The third kappa shape index (κ3) is 6.68. The first-order chi connectivity index (χ1) is 30.1. The third-order valence-electron chi connectivity index (χ3n) is 14.1. The second-order valence-corrected chi connectivity index (χ2v) is 17.7. The van der Waals surface area contributed by atoms with E-state index in [1.54, 1.807) is 0 Å². The van der Waals surface area contributed by atoms with Crippen LogP contribution in [0.4, 0.5) is 0 Å². The van der Waals surface area contributed by atoms with Crippen molar-refractivity contribution in [1.29, 1.82) is 0 Å². The summed E-state index contributed by atoms with van der Waals surface area (Å²) in [7, 11) is 0. The smallest absolute Gasteiger partial charge is 0.0724 e. The molecule has 0 aromatic heterocycles. The topological polar surface area (TPSA) is 12.4 Å². The zero-order valence-electron chi connectivity index (χ0n) is 35.0. The van der Waals surface area contributed by atoms with Gasteiger partial charge in [-0.2, -0.15) is 0 Å². The Kier molecular flexibility index (Phi) is 9.69. The van der Waals surface area contributed by atoms with Crippen molar-refractivity contribution in [1.82, 2.24) is 0 Å². The van der Waals surface area contributed by atoms with Gasteiger partial charge in [0.2, 0.25) is 0 Å². The van der Waals surface area contributed by atoms with Crippen molar-refractivity contribution in [2.75, 3.05) is 0 Å². The van der Waals surface area contributed by atoms with E-state index in [4.69, 9.17) is 4.99 Å². The van der Waals surface area contributed by atoms with Gasteiger partial charge in [-0.3, -0.25) is 4.99 Å². The van der Waals surface area contributed by atoms with Crippen molar-refractivity contribution in [2.24, 2.45) is 10.9 Å². The zero-order valence-corrected chi connectivity index (χ0v) is 35.0. The van der Waals surface area contributed by atoms with Crippen LogP contribution in [0.3, 0.4) is 0 Å². The maximum Gasteiger partial charge on any atom is 0.0724 e. The number of fused-ring (bicyclic) bond motifs is 6. The molecule has 1 aliphatic heterocycles. The molecule has 0 amide bonds. The van der Waals surface area contributed by atoms with E-state index in [9.17, 15) is 0 Å². The van der Waals surface area contributed by atoms with Crippen LogP contribution in [0.1, 0.15) is 91.2 Å². The molecule has 11 rings (SSSR count).